The van der Waals surface area contributed by atoms with Gasteiger partial charge in [-0.1, -0.05) is 62.6 Å². The van der Waals surface area contributed by atoms with Gasteiger partial charge in [-0.25, -0.2) is 0 Å². The summed E-state index contributed by atoms with van der Waals surface area (Å²) in [5, 5.41) is 2.46. The minimum absolute atomic E-state index is 0.852. The molecule has 2 rings (SSSR count). The van der Waals surface area contributed by atoms with Crippen molar-refractivity contribution in [3.63, 3.8) is 0 Å². The van der Waals surface area contributed by atoms with Gasteiger partial charge >= 0.3 is 0 Å². The SMILES string of the molecule is CCCCCCc1c(C=O)ccc2ccccc12. The van der Waals surface area contributed by atoms with Crippen molar-refractivity contribution in [2.45, 2.75) is 39.0 Å². The Morgan fingerprint density at radius 3 is 2.61 bits per heavy atom. The summed E-state index contributed by atoms with van der Waals surface area (Å²) >= 11 is 0. The molecular formula is C17H20O. The van der Waals surface area contributed by atoms with Crippen LogP contribution >= 0.6 is 0 Å². The number of hydrogen-bond donors (Lipinski definition) is 0. The molecule has 0 N–H and O–H groups in total. The number of hydrogen-bond acceptors (Lipinski definition) is 1. The maximum Gasteiger partial charge on any atom is 0.150 e. The Kier molecular flexibility index (Phi) is 4.52. The summed E-state index contributed by atoms with van der Waals surface area (Å²) in [6.07, 6.45) is 6.94. The molecular weight excluding hydrogens is 220 g/mol. The number of unbranched alkanes of at least 4 members (excludes halogenated alkanes) is 3. The Morgan fingerprint density at radius 1 is 1.00 bits per heavy atom. The van der Waals surface area contributed by atoms with Crippen molar-refractivity contribution >= 4 is 17.1 Å². The Morgan fingerprint density at radius 2 is 1.83 bits per heavy atom. The van der Waals surface area contributed by atoms with E-state index in [0.717, 1.165) is 18.3 Å². The van der Waals surface area contributed by atoms with Crippen molar-refractivity contribution in [1.29, 1.82) is 0 Å². The van der Waals surface area contributed by atoms with Gasteiger partial charge < -0.3 is 0 Å². The van der Waals surface area contributed by atoms with Crippen LogP contribution < -0.4 is 0 Å². The largest absolute Gasteiger partial charge is 0.298 e. The van der Waals surface area contributed by atoms with E-state index >= 15 is 0 Å². The molecule has 1 heteroatoms. The second kappa shape index (κ2) is 6.34. The van der Waals surface area contributed by atoms with Crippen LogP contribution in [0, 0.1) is 0 Å². The molecule has 0 aliphatic rings. The molecule has 0 spiro atoms. The van der Waals surface area contributed by atoms with Gasteiger partial charge in [-0.3, -0.25) is 4.79 Å². The second-order valence-electron chi connectivity index (χ2n) is 4.78. The molecule has 0 aliphatic heterocycles. The van der Waals surface area contributed by atoms with E-state index in [-0.39, 0.29) is 0 Å². The van der Waals surface area contributed by atoms with Gasteiger partial charge in [-0.2, -0.15) is 0 Å². The fraction of sp³-hybridized carbons (Fsp3) is 0.353. The predicted octanol–water partition coefficient (Wildman–Crippen LogP) is 4.78. The summed E-state index contributed by atoms with van der Waals surface area (Å²) in [6, 6.07) is 12.3. The Labute approximate surface area is 109 Å². The van der Waals surface area contributed by atoms with Gasteiger partial charge in [-0.05, 0) is 29.2 Å². The van der Waals surface area contributed by atoms with Crippen LogP contribution in [0.15, 0.2) is 36.4 Å². The minimum atomic E-state index is 0.852. The molecule has 0 unspecified atom stereocenters. The summed E-state index contributed by atoms with van der Waals surface area (Å²) in [6.45, 7) is 2.22. The highest BCUT2D eigenvalue weighted by Gasteiger charge is 2.06. The molecule has 2 aromatic rings. The molecule has 0 heterocycles. The first-order chi connectivity index (χ1) is 8.86. The summed E-state index contributed by atoms with van der Waals surface area (Å²) in [7, 11) is 0. The average molecular weight is 240 g/mol. The molecule has 0 bridgehead atoms. The molecule has 0 saturated carbocycles. The molecule has 0 radical (unpaired) electrons. The molecule has 2 aromatic carbocycles. The summed E-state index contributed by atoms with van der Waals surface area (Å²) < 4.78 is 0. The lowest BCUT2D eigenvalue weighted by molar-refractivity contribution is 0.112. The topological polar surface area (TPSA) is 17.1 Å². The maximum absolute atomic E-state index is 11.2. The van der Waals surface area contributed by atoms with Crippen molar-refractivity contribution in [3.05, 3.63) is 47.5 Å². The number of carbonyl (C=O) groups excluding carboxylic acids is 1. The maximum atomic E-state index is 11.2. The first kappa shape index (κ1) is 12.8. The number of rotatable bonds is 6. The van der Waals surface area contributed by atoms with E-state index in [0.29, 0.717) is 0 Å². The molecule has 0 fully saturated rings. The zero-order valence-electron chi connectivity index (χ0n) is 11.0. The standard InChI is InChI=1S/C17H20O/c1-2-3-4-5-9-17-15(13-18)12-11-14-8-6-7-10-16(14)17/h6-8,10-13H,2-5,9H2,1H3. The van der Waals surface area contributed by atoms with Gasteiger partial charge in [0.15, 0.2) is 0 Å². The van der Waals surface area contributed by atoms with E-state index < -0.39 is 0 Å². The highest BCUT2D eigenvalue weighted by Crippen LogP contribution is 2.23. The third-order valence-electron chi connectivity index (χ3n) is 3.48. The minimum Gasteiger partial charge on any atom is -0.298 e. The summed E-state index contributed by atoms with van der Waals surface area (Å²) in [5.41, 5.74) is 2.07. The normalized spacial score (nSPS) is 10.7. The predicted molar refractivity (Wildman–Crippen MR) is 77.2 cm³/mol. The lowest BCUT2D eigenvalue weighted by Gasteiger charge is -2.09. The van der Waals surface area contributed by atoms with Crippen molar-refractivity contribution in [1.82, 2.24) is 0 Å². The van der Waals surface area contributed by atoms with E-state index in [4.69, 9.17) is 0 Å². The van der Waals surface area contributed by atoms with Crippen LogP contribution in [0.2, 0.25) is 0 Å². The van der Waals surface area contributed by atoms with Gasteiger partial charge in [0.1, 0.15) is 6.29 Å². The van der Waals surface area contributed by atoms with E-state index in [1.165, 1.54) is 42.0 Å². The van der Waals surface area contributed by atoms with Crippen LogP contribution in [0.25, 0.3) is 10.8 Å². The molecule has 1 nitrogen and oxygen atoms in total. The fourth-order valence-electron chi connectivity index (χ4n) is 2.47. The second-order valence-corrected chi connectivity index (χ2v) is 4.78. The number of benzene rings is 2. The average Bonchev–Trinajstić information content (AvgIpc) is 2.43. The van der Waals surface area contributed by atoms with Gasteiger partial charge in [0.05, 0.1) is 0 Å². The molecule has 0 amide bonds. The first-order valence-electron chi connectivity index (χ1n) is 6.82. The molecule has 0 atom stereocenters. The number of aryl methyl sites for hydroxylation is 1. The van der Waals surface area contributed by atoms with Crippen molar-refractivity contribution in [3.8, 4) is 0 Å². The quantitative estimate of drug-likeness (QED) is 0.525. The third kappa shape index (κ3) is 2.79. The van der Waals surface area contributed by atoms with Crippen molar-refractivity contribution in [2.75, 3.05) is 0 Å². The van der Waals surface area contributed by atoms with Gasteiger partial charge in [-0.15, -0.1) is 0 Å². The number of fused-ring (bicyclic) bond motifs is 1. The van der Waals surface area contributed by atoms with Crippen LogP contribution in [-0.4, -0.2) is 6.29 Å². The molecule has 0 saturated heterocycles. The first-order valence-corrected chi connectivity index (χ1v) is 6.82. The smallest absolute Gasteiger partial charge is 0.150 e. The summed E-state index contributed by atoms with van der Waals surface area (Å²) in [5.74, 6) is 0. The highest BCUT2D eigenvalue weighted by molar-refractivity contribution is 5.93. The van der Waals surface area contributed by atoms with Crippen LogP contribution in [0.5, 0.6) is 0 Å². The lowest BCUT2D eigenvalue weighted by atomic mass is 9.95. The van der Waals surface area contributed by atoms with Gasteiger partial charge in [0.2, 0.25) is 0 Å². The zero-order valence-corrected chi connectivity index (χ0v) is 11.0. The zero-order chi connectivity index (χ0) is 12.8. The number of aldehydes is 1. The van der Waals surface area contributed by atoms with Gasteiger partial charge in [0.25, 0.3) is 0 Å². The van der Waals surface area contributed by atoms with Crippen LogP contribution in [0.4, 0.5) is 0 Å². The number of carbonyl (C=O) groups is 1. The molecule has 94 valence electrons. The van der Waals surface area contributed by atoms with E-state index in [1.807, 2.05) is 24.3 Å². The van der Waals surface area contributed by atoms with E-state index in [2.05, 4.69) is 19.1 Å². The van der Waals surface area contributed by atoms with E-state index in [9.17, 15) is 4.79 Å². The Hall–Kier alpha value is -1.63. The van der Waals surface area contributed by atoms with Crippen molar-refractivity contribution < 1.29 is 4.79 Å². The Bertz CT molecular complexity index is 528. The van der Waals surface area contributed by atoms with Gasteiger partial charge in [0, 0.05) is 5.56 Å². The highest BCUT2D eigenvalue weighted by atomic mass is 16.1. The fourth-order valence-corrected chi connectivity index (χ4v) is 2.47. The summed E-state index contributed by atoms with van der Waals surface area (Å²) in [4.78, 5) is 11.2. The van der Waals surface area contributed by atoms with Crippen LogP contribution in [-0.2, 0) is 6.42 Å². The monoisotopic (exact) mass is 240 g/mol. The Balaban J connectivity index is 2.29. The third-order valence-corrected chi connectivity index (χ3v) is 3.48. The molecule has 0 aromatic heterocycles. The molecule has 18 heavy (non-hydrogen) atoms. The van der Waals surface area contributed by atoms with Crippen LogP contribution in [0.3, 0.4) is 0 Å². The van der Waals surface area contributed by atoms with Crippen LogP contribution in [0.1, 0.15) is 48.5 Å². The van der Waals surface area contributed by atoms with Crippen molar-refractivity contribution in [2.24, 2.45) is 0 Å². The van der Waals surface area contributed by atoms with E-state index in [1.54, 1.807) is 0 Å². The lowest BCUT2D eigenvalue weighted by Crippen LogP contribution is -1.95. The molecule has 0 aliphatic carbocycles.